The number of rotatable bonds is 7. The molecule has 35 heavy (non-hydrogen) atoms. The molecule has 8 heteroatoms. The average molecular weight is 480 g/mol. The first kappa shape index (κ1) is 25.1. The van der Waals surface area contributed by atoms with Gasteiger partial charge in [0.05, 0.1) is 19.3 Å². The number of carbonyl (C=O) groups excluding carboxylic acids is 2. The highest BCUT2D eigenvalue weighted by molar-refractivity contribution is 5.98. The molecule has 2 amide bonds. The lowest BCUT2D eigenvalue weighted by molar-refractivity contribution is -0.117. The fourth-order valence-electron chi connectivity index (χ4n) is 5.29. The molecule has 2 aliphatic rings. The molecule has 4 rings (SSSR count). The van der Waals surface area contributed by atoms with Gasteiger partial charge < -0.3 is 20.3 Å². The van der Waals surface area contributed by atoms with E-state index in [1.165, 1.54) is 0 Å². The van der Waals surface area contributed by atoms with E-state index in [1.807, 2.05) is 48.2 Å². The van der Waals surface area contributed by atoms with Crippen molar-refractivity contribution in [1.82, 2.24) is 15.2 Å². The van der Waals surface area contributed by atoms with Gasteiger partial charge in [-0.3, -0.25) is 14.5 Å². The Bertz CT molecular complexity index is 1050. The van der Waals surface area contributed by atoms with Gasteiger partial charge in [0.25, 0.3) is 5.91 Å². The van der Waals surface area contributed by atoms with Crippen molar-refractivity contribution in [3.8, 4) is 0 Å². The first-order chi connectivity index (χ1) is 16.9. The quantitative estimate of drug-likeness (QED) is 0.633. The van der Waals surface area contributed by atoms with Crippen molar-refractivity contribution < 1.29 is 14.3 Å². The highest BCUT2D eigenvalue weighted by Gasteiger charge is 2.40. The van der Waals surface area contributed by atoms with Gasteiger partial charge in [0, 0.05) is 62.0 Å². The molecule has 1 aromatic carbocycles. The number of aryl methyl sites for hydroxylation is 1. The van der Waals surface area contributed by atoms with Crippen LogP contribution in [0.15, 0.2) is 36.4 Å². The van der Waals surface area contributed by atoms with Crippen molar-refractivity contribution in [2.75, 3.05) is 49.6 Å². The third kappa shape index (κ3) is 5.65. The van der Waals surface area contributed by atoms with E-state index < -0.39 is 0 Å². The number of amides is 2. The van der Waals surface area contributed by atoms with Crippen molar-refractivity contribution >= 4 is 23.3 Å². The molecular weight excluding hydrogens is 442 g/mol. The van der Waals surface area contributed by atoms with Crippen LogP contribution in [0.5, 0.6) is 0 Å². The number of carbonyl (C=O) groups is 2. The molecule has 2 aromatic rings. The van der Waals surface area contributed by atoms with Gasteiger partial charge in [-0.05, 0) is 49.2 Å². The maximum Gasteiger partial charge on any atom is 0.251 e. The summed E-state index contributed by atoms with van der Waals surface area (Å²) in [5.74, 6) is 0.825. The number of hydrogen-bond acceptors (Lipinski definition) is 6. The van der Waals surface area contributed by atoms with Gasteiger partial charge >= 0.3 is 0 Å². The van der Waals surface area contributed by atoms with Gasteiger partial charge in [0.2, 0.25) is 5.91 Å². The van der Waals surface area contributed by atoms with E-state index in [1.54, 1.807) is 6.92 Å². The zero-order valence-corrected chi connectivity index (χ0v) is 21.2. The molecule has 0 radical (unpaired) electrons. The maximum atomic E-state index is 13.0. The summed E-state index contributed by atoms with van der Waals surface area (Å²) in [7, 11) is 0. The molecule has 0 bridgehead atoms. The Kier molecular flexibility index (Phi) is 8.03. The minimum absolute atomic E-state index is 0.0137. The molecule has 0 aliphatic carbocycles. The number of ether oxygens (including phenoxy) is 1. The van der Waals surface area contributed by atoms with Crippen LogP contribution in [-0.4, -0.2) is 67.1 Å². The lowest BCUT2D eigenvalue weighted by atomic mass is 9.80. The Morgan fingerprint density at radius 1 is 1.17 bits per heavy atom. The van der Waals surface area contributed by atoms with Crippen LogP contribution >= 0.6 is 0 Å². The van der Waals surface area contributed by atoms with E-state index in [2.05, 4.69) is 34.4 Å². The third-order valence-electron chi connectivity index (χ3n) is 7.12. The standard InChI is InChI=1S/C27H37N5O3/c1-5-23-19(3)26(30-25-8-6-7-18(2)29-25)22-17-21(9-10-24(22)32(23)20(4)33)27(34)28-11-12-31-13-15-35-16-14-31/h6-10,17,19,23,26H,5,11-16H2,1-4H3,(H,28,34)(H,29,30)/t19-,23-,26+/m0/s1. The molecule has 1 saturated heterocycles. The van der Waals surface area contributed by atoms with E-state index >= 15 is 0 Å². The van der Waals surface area contributed by atoms with Gasteiger partial charge in [-0.1, -0.05) is 19.9 Å². The molecule has 3 heterocycles. The summed E-state index contributed by atoms with van der Waals surface area (Å²) in [6, 6.07) is 11.6. The predicted octanol–water partition coefficient (Wildman–Crippen LogP) is 3.39. The molecule has 188 valence electrons. The summed E-state index contributed by atoms with van der Waals surface area (Å²) >= 11 is 0. The summed E-state index contributed by atoms with van der Waals surface area (Å²) < 4.78 is 5.39. The molecule has 0 unspecified atom stereocenters. The second-order valence-corrected chi connectivity index (χ2v) is 9.49. The smallest absolute Gasteiger partial charge is 0.251 e. The number of aromatic nitrogens is 1. The first-order valence-electron chi connectivity index (χ1n) is 12.6. The van der Waals surface area contributed by atoms with Gasteiger partial charge in [-0.25, -0.2) is 4.98 Å². The Morgan fingerprint density at radius 2 is 1.94 bits per heavy atom. The summed E-state index contributed by atoms with van der Waals surface area (Å²) in [5, 5.41) is 6.66. The van der Waals surface area contributed by atoms with Crippen molar-refractivity contribution in [2.45, 2.75) is 46.2 Å². The van der Waals surface area contributed by atoms with Crippen LogP contribution in [0.4, 0.5) is 11.5 Å². The van der Waals surface area contributed by atoms with Crippen LogP contribution in [0.1, 0.15) is 54.8 Å². The molecule has 0 saturated carbocycles. The summed E-state index contributed by atoms with van der Waals surface area (Å²) in [6.07, 6.45) is 0.837. The topological polar surface area (TPSA) is 86.8 Å². The van der Waals surface area contributed by atoms with Crippen molar-refractivity contribution in [2.24, 2.45) is 5.92 Å². The van der Waals surface area contributed by atoms with E-state index in [-0.39, 0.29) is 29.8 Å². The highest BCUT2D eigenvalue weighted by atomic mass is 16.5. The SMILES string of the molecule is CC[C@H]1[C@H](C)[C@@H](Nc2cccc(C)n2)c2cc(C(=O)NCCN3CCOCC3)ccc2N1C(C)=O. The maximum absolute atomic E-state index is 13.0. The third-order valence-corrected chi connectivity index (χ3v) is 7.12. The second-order valence-electron chi connectivity index (χ2n) is 9.49. The molecular formula is C27H37N5O3. The van der Waals surface area contributed by atoms with E-state index in [9.17, 15) is 9.59 Å². The zero-order valence-electron chi connectivity index (χ0n) is 21.2. The minimum Gasteiger partial charge on any atom is -0.379 e. The fraction of sp³-hybridized carbons (Fsp3) is 0.519. The highest BCUT2D eigenvalue weighted by Crippen LogP contribution is 2.43. The number of benzene rings is 1. The largest absolute Gasteiger partial charge is 0.379 e. The molecule has 3 atom stereocenters. The molecule has 1 aromatic heterocycles. The van der Waals surface area contributed by atoms with Crippen LogP contribution in [0.2, 0.25) is 0 Å². The van der Waals surface area contributed by atoms with Crippen LogP contribution in [-0.2, 0) is 9.53 Å². The van der Waals surface area contributed by atoms with Crippen LogP contribution in [0.3, 0.4) is 0 Å². The number of nitrogens with zero attached hydrogens (tertiary/aromatic N) is 3. The van der Waals surface area contributed by atoms with E-state index in [0.29, 0.717) is 12.1 Å². The Hall–Kier alpha value is -2.97. The van der Waals surface area contributed by atoms with Crippen molar-refractivity contribution in [3.63, 3.8) is 0 Å². The number of hydrogen-bond donors (Lipinski definition) is 2. The fourth-order valence-corrected chi connectivity index (χ4v) is 5.29. The molecule has 8 nitrogen and oxygen atoms in total. The lowest BCUT2D eigenvalue weighted by Crippen LogP contribution is -2.49. The first-order valence-corrected chi connectivity index (χ1v) is 12.6. The van der Waals surface area contributed by atoms with Crippen LogP contribution in [0, 0.1) is 12.8 Å². The monoisotopic (exact) mass is 479 g/mol. The summed E-state index contributed by atoms with van der Waals surface area (Å²) in [5.41, 5.74) is 3.34. The minimum atomic E-state index is -0.104. The van der Waals surface area contributed by atoms with Gasteiger partial charge in [0.15, 0.2) is 0 Å². The van der Waals surface area contributed by atoms with Gasteiger partial charge in [0.1, 0.15) is 5.82 Å². The van der Waals surface area contributed by atoms with Crippen molar-refractivity contribution in [1.29, 1.82) is 0 Å². The predicted molar refractivity (Wildman–Crippen MR) is 138 cm³/mol. The van der Waals surface area contributed by atoms with Crippen LogP contribution < -0.4 is 15.5 Å². The Labute approximate surface area is 208 Å². The Balaban J connectivity index is 1.60. The number of fused-ring (bicyclic) bond motifs is 1. The number of nitrogens with one attached hydrogen (secondary N) is 2. The molecule has 2 N–H and O–H groups in total. The molecule has 2 aliphatic heterocycles. The average Bonchev–Trinajstić information content (AvgIpc) is 2.85. The number of morpholine rings is 1. The van der Waals surface area contributed by atoms with Crippen LogP contribution in [0.25, 0.3) is 0 Å². The normalized spacial score (nSPS) is 22.4. The lowest BCUT2D eigenvalue weighted by Gasteiger charge is -2.45. The Morgan fingerprint density at radius 3 is 2.63 bits per heavy atom. The van der Waals surface area contributed by atoms with Gasteiger partial charge in [-0.2, -0.15) is 0 Å². The summed E-state index contributed by atoms with van der Waals surface area (Å²) in [6.45, 7) is 12.5. The zero-order chi connectivity index (χ0) is 24.9. The summed E-state index contributed by atoms with van der Waals surface area (Å²) in [4.78, 5) is 34.6. The number of pyridine rings is 1. The van der Waals surface area contributed by atoms with E-state index in [4.69, 9.17) is 4.74 Å². The van der Waals surface area contributed by atoms with Gasteiger partial charge in [-0.15, -0.1) is 0 Å². The second kappa shape index (κ2) is 11.2. The van der Waals surface area contributed by atoms with Crippen molar-refractivity contribution in [3.05, 3.63) is 53.2 Å². The van der Waals surface area contributed by atoms with E-state index in [0.717, 1.165) is 62.0 Å². The molecule has 1 fully saturated rings. The molecule has 0 spiro atoms. The number of anilines is 2.